The molecule has 0 unspecified atom stereocenters. The molecule has 280 valence electrons. The van der Waals surface area contributed by atoms with Crippen LogP contribution in [0.15, 0.2) is 91.3 Å². The van der Waals surface area contributed by atoms with Gasteiger partial charge >= 0.3 is 22.4 Å². The molecule has 4 bridgehead atoms. The summed E-state index contributed by atoms with van der Waals surface area (Å²) in [5, 5.41) is 10.1. The van der Waals surface area contributed by atoms with Crippen molar-refractivity contribution in [1.82, 2.24) is 14.5 Å². The molecule has 5 nitrogen and oxygen atoms in total. The first-order valence-corrected chi connectivity index (χ1v) is 19.3. The minimum absolute atomic E-state index is 0. The van der Waals surface area contributed by atoms with Gasteiger partial charge in [-0.05, 0) is 113 Å². The molecule has 2 aromatic heterocycles. The van der Waals surface area contributed by atoms with E-state index in [9.17, 15) is 5.11 Å². The maximum absolute atomic E-state index is 10.1. The van der Waals surface area contributed by atoms with Crippen molar-refractivity contribution in [1.29, 1.82) is 0 Å². The molecule has 0 amide bonds. The van der Waals surface area contributed by atoms with E-state index in [2.05, 4.69) is 144 Å². The summed E-state index contributed by atoms with van der Waals surface area (Å²) in [5.74, 6) is 1.99. The number of rotatable bonds is 6. The molecule has 53 heavy (non-hydrogen) atoms. The third kappa shape index (κ3) is 9.03. The first-order valence-electron chi connectivity index (χ1n) is 19.3. The third-order valence-electron chi connectivity index (χ3n) is 10.4. The Labute approximate surface area is 333 Å². The zero-order valence-electron chi connectivity index (χ0n) is 32.7. The third-order valence-corrected chi connectivity index (χ3v) is 10.4. The van der Waals surface area contributed by atoms with Gasteiger partial charge in [0, 0.05) is 11.4 Å². The molecular weight excluding hydrogens is 834 g/mol. The van der Waals surface area contributed by atoms with Crippen LogP contribution in [0.2, 0.25) is 0 Å². The molecule has 0 spiro atoms. The predicted molar refractivity (Wildman–Crippen MR) is 214 cm³/mol. The molecule has 4 aliphatic rings. The van der Waals surface area contributed by atoms with Crippen molar-refractivity contribution in [2.75, 3.05) is 0 Å². The van der Waals surface area contributed by atoms with Crippen molar-refractivity contribution in [3.05, 3.63) is 142 Å². The van der Waals surface area contributed by atoms with Crippen LogP contribution < -0.4 is 4.57 Å². The van der Waals surface area contributed by atoms with Gasteiger partial charge in [0.2, 0.25) is 5.65 Å². The van der Waals surface area contributed by atoms with Gasteiger partial charge in [0.25, 0.3) is 0 Å². The number of phenols is 1. The number of aromatic hydroxyl groups is 1. The van der Waals surface area contributed by atoms with Gasteiger partial charge in [-0.1, -0.05) is 128 Å². The van der Waals surface area contributed by atoms with Crippen LogP contribution in [0.3, 0.4) is 0 Å². The van der Waals surface area contributed by atoms with Crippen LogP contribution in [-0.2, 0) is 48.1 Å². The molecule has 1 N–H and O–H groups in total. The maximum atomic E-state index is 10.1. The molecule has 0 radical (unpaired) electrons. The van der Waals surface area contributed by atoms with E-state index in [1.807, 2.05) is 6.07 Å². The summed E-state index contributed by atoms with van der Waals surface area (Å²) in [6.45, 7) is 18.0. The molecule has 0 fully saturated rings. The zero-order valence-corrected chi connectivity index (χ0v) is 34.9. The smallest absolute Gasteiger partial charge is 0.508 e. The van der Waals surface area contributed by atoms with Crippen molar-refractivity contribution in [3.8, 4) is 17.1 Å². The Morgan fingerprint density at radius 1 is 0.604 bits per heavy atom. The second kappa shape index (κ2) is 17.9. The topological polar surface area (TPSA) is 54.8 Å². The number of nitrogens with zero attached hydrogens (tertiary/aromatic N) is 4. The number of aromatic nitrogens is 4. The van der Waals surface area contributed by atoms with Crippen LogP contribution in [0.25, 0.3) is 22.7 Å². The van der Waals surface area contributed by atoms with Gasteiger partial charge in [-0.15, -0.1) is 0 Å². The average Bonchev–Trinajstić information content (AvgIpc) is 3.51. The van der Waals surface area contributed by atoms with E-state index in [1.54, 1.807) is 12.4 Å². The summed E-state index contributed by atoms with van der Waals surface area (Å²) in [6, 6.07) is 28.5. The van der Waals surface area contributed by atoms with Gasteiger partial charge < -0.3 is 9.67 Å². The second-order valence-electron chi connectivity index (χ2n) is 15.6. The quantitative estimate of drug-likeness (QED) is 0.103. The molecule has 0 atom stereocenters. The Morgan fingerprint density at radius 3 is 1.60 bits per heavy atom. The largest absolute Gasteiger partial charge is 1.00 e. The first kappa shape index (κ1) is 40.2. The summed E-state index contributed by atoms with van der Waals surface area (Å²) in [7, 11) is 0. The average molecular weight is 890 g/mol. The van der Waals surface area contributed by atoms with Gasteiger partial charge in [-0.2, -0.15) is 4.98 Å². The van der Waals surface area contributed by atoms with E-state index in [-0.39, 0.29) is 22.4 Å². The minimum Gasteiger partial charge on any atom is -0.508 e. The Morgan fingerprint density at radius 2 is 1.08 bits per heavy atom. The van der Waals surface area contributed by atoms with Crippen molar-refractivity contribution in [2.45, 2.75) is 118 Å². The van der Waals surface area contributed by atoms with Crippen LogP contribution in [-0.4, -0.2) is 19.6 Å². The fraction of sp³-hybridized carbons (Fsp3) is 0.383. The number of hydrogen-bond acceptors (Lipinski definition) is 3. The zero-order chi connectivity index (χ0) is 36.9. The fourth-order valence-corrected chi connectivity index (χ4v) is 7.51. The SMILES string of the molecule is CC(C)c1cccc(C(C)C)c1-n1[c-][n+](-c2c(C(C)C)cccc2C(C)C)c2nccnc21.Oc1cc2ccc1CCCc1ccc(cc1)CCC2.[Au+]. The molecule has 0 saturated carbocycles. The van der Waals surface area contributed by atoms with Crippen molar-refractivity contribution in [2.24, 2.45) is 0 Å². The van der Waals surface area contributed by atoms with Gasteiger partial charge in [-0.25, -0.2) is 0 Å². The van der Waals surface area contributed by atoms with E-state index < -0.39 is 0 Å². The monoisotopic (exact) mass is 889 g/mol. The van der Waals surface area contributed by atoms with E-state index in [0.717, 1.165) is 55.4 Å². The van der Waals surface area contributed by atoms with Gasteiger partial charge in [0.05, 0.1) is 6.20 Å². The normalized spacial score (nSPS) is 13.1. The van der Waals surface area contributed by atoms with Gasteiger partial charge in [-0.3, -0.25) is 9.55 Å². The molecule has 0 saturated heterocycles. The Bertz CT molecular complexity index is 1980. The molecule has 6 heteroatoms. The van der Waals surface area contributed by atoms with Gasteiger partial charge in [0.1, 0.15) is 11.9 Å². The summed E-state index contributed by atoms with van der Waals surface area (Å²) in [5.41, 5.74) is 14.4. The van der Waals surface area contributed by atoms with Crippen LogP contribution in [0.5, 0.6) is 5.75 Å². The van der Waals surface area contributed by atoms with Crippen LogP contribution in [0, 0.1) is 6.33 Å². The van der Waals surface area contributed by atoms with Gasteiger partial charge in [0.15, 0.2) is 12.0 Å². The van der Waals surface area contributed by atoms with Crippen molar-refractivity contribution < 1.29 is 32.1 Å². The van der Waals surface area contributed by atoms with E-state index in [1.165, 1.54) is 50.3 Å². The molecule has 2 heterocycles. The number of para-hydroxylation sites is 2. The molecule has 4 aliphatic carbocycles. The van der Waals surface area contributed by atoms with Crippen molar-refractivity contribution >= 4 is 11.3 Å². The number of phenolic OH excluding ortho intramolecular Hbond substituents is 1. The molecule has 4 aromatic carbocycles. The molecule has 10 rings (SSSR count). The number of benzene rings is 4. The van der Waals surface area contributed by atoms with Crippen LogP contribution in [0.4, 0.5) is 0 Å². The van der Waals surface area contributed by atoms with E-state index >= 15 is 0 Å². The minimum atomic E-state index is 0. The van der Waals surface area contributed by atoms with E-state index in [4.69, 9.17) is 9.97 Å². The first-order chi connectivity index (χ1) is 25.0. The van der Waals surface area contributed by atoms with Crippen LogP contribution >= 0.6 is 0 Å². The number of hydrogen-bond donors (Lipinski definition) is 1. The van der Waals surface area contributed by atoms with Crippen molar-refractivity contribution in [3.63, 3.8) is 0 Å². The Kier molecular flexibility index (Phi) is 13.5. The standard InChI is InChI=1S/C29H36N4.C18H20O.Au/c1-18(2)22-11-9-12-23(19(3)4)26(22)32-17-33(29-28(32)30-15-16-31-29)27-24(20(5)6)13-10-14-25(27)21(7)8;19-18-13-16-5-1-3-14-7-9-15(10-8-14)4-2-6-17(18)12-11-16;/h9-16,18-21H,1-8H3;7-13,19H,1-6H2;/q;;+1. The molecular formula is C47H56AuN4O+. The Balaban J connectivity index is 0.000000230. The fourth-order valence-electron chi connectivity index (χ4n) is 7.51. The summed E-state index contributed by atoms with van der Waals surface area (Å²) < 4.78 is 4.29. The second-order valence-corrected chi connectivity index (χ2v) is 15.6. The number of imidazole rings is 1. The van der Waals surface area contributed by atoms with E-state index in [0.29, 0.717) is 29.4 Å². The summed E-state index contributed by atoms with van der Waals surface area (Å²) in [4.78, 5) is 9.60. The Hall–Kier alpha value is -4.03. The van der Waals surface area contributed by atoms with Crippen LogP contribution in [0.1, 0.15) is 136 Å². The molecule has 0 aliphatic heterocycles. The number of aryl methyl sites for hydroxylation is 4. The molecule has 6 aromatic rings. The number of fused-ring (bicyclic) bond motifs is 1. The predicted octanol–water partition coefficient (Wildman–Crippen LogP) is 11.0. The maximum Gasteiger partial charge on any atom is 1.00 e. The summed E-state index contributed by atoms with van der Waals surface area (Å²) >= 11 is 0. The summed E-state index contributed by atoms with van der Waals surface area (Å²) in [6.07, 6.45) is 13.7.